The van der Waals surface area contributed by atoms with Gasteiger partial charge in [-0.25, -0.2) is 0 Å². The summed E-state index contributed by atoms with van der Waals surface area (Å²) in [5.74, 6) is -0.937. The zero-order valence-electron chi connectivity index (χ0n) is 10.6. The SMILES string of the molecule is CCC(C(=O)N1CCOCC1C(=O)NC)C(N)=S. The first-order chi connectivity index (χ1) is 8.52. The van der Waals surface area contributed by atoms with E-state index in [1.165, 1.54) is 11.9 Å². The molecule has 0 saturated carbocycles. The van der Waals surface area contributed by atoms with Gasteiger partial charge in [-0.1, -0.05) is 19.1 Å². The molecule has 1 rings (SSSR count). The van der Waals surface area contributed by atoms with E-state index in [2.05, 4.69) is 5.32 Å². The number of morpholine rings is 1. The summed E-state index contributed by atoms with van der Waals surface area (Å²) in [5.41, 5.74) is 5.56. The van der Waals surface area contributed by atoms with E-state index in [-0.39, 0.29) is 23.4 Å². The molecule has 0 aliphatic carbocycles. The lowest BCUT2D eigenvalue weighted by Gasteiger charge is -2.36. The van der Waals surface area contributed by atoms with Gasteiger partial charge in [0.15, 0.2) is 0 Å². The Morgan fingerprint density at radius 1 is 1.61 bits per heavy atom. The van der Waals surface area contributed by atoms with Gasteiger partial charge in [-0.05, 0) is 6.42 Å². The van der Waals surface area contributed by atoms with Gasteiger partial charge in [-0.3, -0.25) is 9.59 Å². The summed E-state index contributed by atoms with van der Waals surface area (Å²) in [4.78, 5) is 25.7. The van der Waals surface area contributed by atoms with Crippen molar-refractivity contribution in [1.29, 1.82) is 0 Å². The number of nitrogens with zero attached hydrogens (tertiary/aromatic N) is 1. The highest BCUT2D eigenvalue weighted by Gasteiger charge is 2.35. The quantitative estimate of drug-likeness (QED) is 0.660. The van der Waals surface area contributed by atoms with Crippen LogP contribution in [0.15, 0.2) is 0 Å². The number of rotatable bonds is 4. The fourth-order valence-electron chi connectivity index (χ4n) is 1.95. The molecule has 0 radical (unpaired) electrons. The molecule has 3 N–H and O–H groups in total. The number of ether oxygens (including phenoxy) is 1. The van der Waals surface area contributed by atoms with Crippen molar-refractivity contribution in [1.82, 2.24) is 10.2 Å². The fourth-order valence-corrected chi connectivity index (χ4v) is 2.22. The van der Waals surface area contributed by atoms with Gasteiger partial charge in [0.25, 0.3) is 0 Å². The van der Waals surface area contributed by atoms with Crippen molar-refractivity contribution in [3.05, 3.63) is 0 Å². The Bertz CT molecular complexity index is 348. The van der Waals surface area contributed by atoms with Gasteiger partial charge in [-0.15, -0.1) is 0 Å². The molecule has 0 aromatic rings. The molecule has 1 fully saturated rings. The molecule has 1 heterocycles. The van der Waals surface area contributed by atoms with Crippen LogP contribution in [0.3, 0.4) is 0 Å². The van der Waals surface area contributed by atoms with E-state index in [0.717, 1.165) is 0 Å². The highest BCUT2D eigenvalue weighted by atomic mass is 32.1. The summed E-state index contributed by atoms with van der Waals surface area (Å²) in [7, 11) is 1.53. The van der Waals surface area contributed by atoms with Crippen LogP contribution >= 0.6 is 12.2 Å². The fraction of sp³-hybridized carbons (Fsp3) is 0.727. The van der Waals surface area contributed by atoms with Gasteiger partial charge in [0.05, 0.1) is 24.1 Å². The average molecular weight is 273 g/mol. The second kappa shape index (κ2) is 6.65. The highest BCUT2D eigenvalue weighted by molar-refractivity contribution is 7.80. The molecule has 1 saturated heterocycles. The number of carbonyl (C=O) groups is 2. The van der Waals surface area contributed by atoms with Crippen molar-refractivity contribution in [2.75, 3.05) is 26.8 Å². The van der Waals surface area contributed by atoms with Crippen LogP contribution in [0.2, 0.25) is 0 Å². The Balaban J connectivity index is 2.86. The molecule has 6 nitrogen and oxygen atoms in total. The third kappa shape index (κ3) is 3.17. The molecular weight excluding hydrogens is 254 g/mol. The maximum Gasteiger partial charge on any atom is 0.244 e. The Morgan fingerprint density at radius 3 is 2.78 bits per heavy atom. The van der Waals surface area contributed by atoms with Gasteiger partial charge in [0.1, 0.15) is 6.04 Å². The topological polar surface area (TPSA) is 84.7 Å². The summed E-state index contributed by atoms with van der Waals surface area (Å²) in [6, 6.07) is -0.598. The molecule has 0 aromatic carbocycles. The predicted molar refractivity (Wildman–Crippen MR) is 71.0 cm³/mol. The molecule has 2 amide bonds. The first-order valence-corrected chi connectivity index (χ1v) is 6.32. The average Bonchev–Trinajstić information content (AvgIpc) is 2.38. The summed E-state index contributed by atoms with van der Waals surface area (Å²) < 4.78 is 5.24. The Labute approximate surface area is 112 Å². The minimum Gasteiger partial charge on any atom is -0.393 e. The lowest BCUT2D eigenvalue weighted by atomic mass is 10.0. The van der Waals surface area contributed by atoms with Crippen molar-refractivity contribution in [3.8, 4) is 0 Å². The van der Waals surface area contributed by atoms with Crippen LogP contribution in [0.4, 0.5) is 0 Å². The zero-order chi connectivity index (χ0) is 13.7. The van der Waals surface area contributed by atoms with Gasteiger partial charge < -0.3 is 20.7 Å². The van der Waals surface area contributed by atoms with E-state index in [9.17, 15) is 9.59 Å². The minimum atomic E-state index is -0.598. The van der Waals surface area contributed by atoms with Gasteiger partial charge in [0.2, 0.25) is 11.8 Å². The molecule has 18 heavy (non-hydrogen) atoms. The first kappa shape index (κ1) is 14.8. The second-order valence-electron chi connectivity index (χ2n) is 4.10. The van der Waals surface area contributed by atoms with Crippen molar-refractivity contribution in [3.63, 3.8) is 0 Å². The monoisotopic (exact) mass is 273 g/mol. The normalized spacial score (nSPS) is 21.2. The standard InChI is InChI=1S/C11H19N3O3S/c1-3-7(9(12)18)11(16)14-4-5-17-6-8(14)10(15)13-2/h7-8H,3-6H2,1-2H3,(H2,12,18)(H,13,15). The number of nitrogens with one attached hydrogen (secondary N) is 1. The molecular formula is C11H19N3O3S. The van der Waals surface area contributed by atoms with Crippen LogP contribution in [-0.2, 0) is 14.3 Å². The van der Waals surface area contributed by atoms with E-state index < -0.39 is 12.0 Å². The third-order valence-corrected chi connectivity index (χ3v) is 3.29. The van der Waals surface area contributed by atoms with Crippen LogP contribution in [0.1, 0.15) is 13.3 Å². The number of hydrogen-bond donors (Lipinski definition) is 2. The zero-order valence-corrected chi connectivity index (χ0v) is 11.5. The van der Waals surface area contributed by atoms with Crippen molar-refractivity contribution in [2.24, 2.45) is 11.7 Å². The van der Waals surface area contributed by atoms with Crippen LogP contribution in [-0.4, -0.2) is 54.6 Å². The van der Waals surface area contributed by atoms with Gasteiger partial charge >= 0.3 is 0 Å². The summed E-state index contributed by atoms with van der Waals surface area (Å²) >= 11 is 4.89. The maximum atomic E-state index is 12.3. The molecule has 0 bridgehead atoms. The lowest BCUT2D eigenvalue weighted by molar-refractivity contribution is -0.149. The van der Waals surface area contributed by atoms with E-state index in [4.69, 9.17) is 22.7 Å². The summed E-state index contributed by atoms with van der Waals surface area (Å²) in [5, 5.41) is 2.53. The molecule has 0 aromatic heterocycles. The van der Waals surface area contributed by atoms with Crippen molar-refractivity contribution in [2.45, 2.75) is 19.4 Å². The van der Waals surface area contributed by atoms with Crippen LogP contribution < -0.4 is 11.1 Å². The van der Waals surface area contributed by atoms with Crippen LogP contribution in [0.5, 0.6) is 0 Å². The van der Waals surface area contributed by atoms with E-state index in [0.29, 0.717) is 19.6 Å². The molecule has 102 valence electrons. The smallest absolute Gasteiger partial charge is 0.244 e. The lowest BCUT2D eigenvalue weighted by Crippen LogP contribution is -2.57. The number of nitrogens with two attached hydrogens (primary N) is 1. The van der Waals surface area contributed by atoms with Crippen molar-refractivity contribution < 1.29 is 14.3 Å². The first-order valence-electron chi connectivity index (χ1n) is 5.92. The minimum absolute atomic E-state index is 0.171. The van der Waals surface area contributed by atoms with Crippen LogP contribution in [0, 0.1) is 5.92 Å². The predicted octanol–water partition coefficient (Wildman–Crippen LogP) is -0.728. The number of hydrogen-bond acceptors (Lipinski definition) is 4. The molecule has 2 atom stereocenters. The largest absolute Gasteiger partial charge is 0.393 e. The van der Waals surface area contributed by atoms with Gasteiger partial charge in [-0.2, -0.15) is 0 Å². The summed E-state index contributed by atoms with van der Waals surface area (Å²) in [6.07, 6.45) is 0.534. The molecule has 0 spiro atoms. The number of thiocarbonyl (C=S) groups is 1. The Hall–Kier alpha value is -1.21. The highest BCUT2D eigenvalue weighted by Crippen LogP contribution is 2.15. The Kier molecular flexibility index (Phi) is 5.49. The number of likely N-dealkylation sites (N-methyl/N-ethyl adjacent to an activating group) is 1. The molecule has 1 aliphatic heterocycles. The van der Waals surface area contributed by atoms with E-state index in [1.54, 1.807) is 0 Å². The maximum absolute atomic E-state index is 12.3. The number of amides is 2. The van der Waals surface area contributed by atoms with E-state index >= 15 is 0 Å². The Morgan fingerprint density at radius 2 is 2.28 bits per heavy atom. The number of carbonyl (C=O) groups excluding carboxylic acids is 2. The third-order valence-electron chi connectivity index (χ3n) is 3.01. The molecule has 7 heteroatoms. The second-order valence-corrected chi connectivity index (χ2v) is 4.57. The summed E-state index contributed by atoms with van der Waals surface area (Å²) in [6.45, 7) is 2.86. The van der Waals surface area contributed by atoms with E-state index in [1.807, 2.05) is 6.92 Å². The van der Waals surface area contributed by atoms with Crippen LogP contribution in [0.25, 0.3) is 0 Å². The van der Waals surface area contributed by atoms with Crippen molar-refractivity contribution >= 4 is 29.0 Å². The van der Waals surface area contributed by atoms with Gasteiger partial charge in [0, 0.05) is 13.6 Å². The molecule has 2 unspecified atom stereocenters. The molecule has 1 aliphatic rings.